The van der Waals surface area contributed by atoms with Crippen LogP contribution < -0.4 is 9.47 Å². The highest BCUT2D eigenvalue weighted by atomic mass is 32.1. The van der Waals surface area contributed by atoms with Crippen LogP contribution in [-0.2, 0) is 19.5 Å². The van der Waals surface area contributed by atoms with E-state index in [-0.39, 0.29) is 0 Å². The van der Waals surface area contributed by atoms with E-state index in [1.54, 1.807) is 25.6 Å². The molecule has 0 atom stereocenters. The SMILES string of the molecule is COc1cc2c(cc1OC)CN(Cc1nc(-c3ccsc3)no1)CC2. The Labute approximate surface area is 150 Å². The zero-order chi connectivity index (χ0) is 17.2. The van der Waals surface area contributed by atoms with Crippen molar-refractivity contribution in [1.82, 2.24) is 15.0 Å². The Morgan fingerprint density at radius 1 is 1.20 bits per heavy atom. The highest BCUT2D eigenvalue weighted by molar-refractivity contribution is 7.08. The molecule has 0 amide bonds. The molecule has 0 saturated heterocycles. The number of hydrogen-bond donors (Lipinski definition) is 0. The Bertz CT molecular complexity index is 861. The standard InChI is InChI=1S/C18H19N3O3S/c1-22-15-7-12-3-5-21(9-14(12)8-16(15)23-2)10-17-19-18(20-24-17)13-4-6-25-11-13/h4,6-8,11H,3,5,9-10H2,1-2H3. The topological polar surface area (TPSA) is 60.6 Å². The maximum Gasteiger partial charge on any atom is 0.241 e. The molecule has 3 heterocycles. The van der Waals surface area contributed by atoms with Gasteiger partial charge in [-0.15, -0.1) is 0 Å². The van der Waals surface area contributed by atoms with Gasteiger partial charge in [-0.1, -0.05) is 5.16 Å². The van der Waals surface area contributed by atoms with Crippen molar-refractivity contribution in [1.29, 1.82) is 0 Å². The molecule has 0 N–H and O–H groups in total. The predicted molar refractivity (Wildman–Crippen MR) is 95.0 cm³/mol. The van der Waals surface area contributed by atoms with E-state index in [0.717, 1.165) is 36.6 Å². The van der Waals surface area contributed by atoms with E-state index in [1.807, 2.05) is 16.8 Å². The van der Waals surface area contributed by atoms with Crippen molar-refractivity contribution in [3.63, 3.8) is 0 Å². The molecule has 2 aromatic heterocycles. The number of benzene rings is 1. The fraction of sp³-hybridized carbons (Fsp3) is 0.333. The van der Waals surface area contributed by atoms with Crippen LogP contribution >= 0.6 is 11.3 Å². The fourth-order valence-corrected chi connectivity index (χ4v) is 3.73. The molecule has 4 rings (SSSR count). The Hall–Kier alpha value is -2.38. The quantitative estimate of drug-likeness (QED) is 0.698. The van der Waals surface area contributed by atoms with E-state index >= 15 is 0 Å². The van der Waals surface area contributed by atoms with Crippen molar-refractivity contribution in [2.45, 2.75) is 19.5 Å². The summed E-state index contributed by atoms with van der Waals surface area (Å²) < 4.78 is 16.2. The first kappa shape index (κ1) is 16.1. The van der Waals surface area contributed by atoms with Gasteiger partial charge in [-0.2, -0.15) is 16.3 Å². The molecule has 1 aliphatic heterocycles. The van der Waals surface area contributed by atoms with Crippen molar-refractivity contribution in [3.8, 4) is 22.9 Å². The van der Waals surface area contributed by atoms with E-state index < -0.39 is 0 Å². The molecule has 0 fully saturated rings. The molecule has 0 aliphatic carbocycles. The summed E-state index contributed by atoms with van der Waals surface area (Å²) >= 11 is 1.62. The van der Waals surface area contributed by atoms with Crippen molar-refractivity contribution < 1.29 is 14.0 Å². The smallest absolute Gasteiger partial charge is 0.241 e. The Morgan fingerprint density at radius 3 is 2.72 bits per heavy atom. The third kappa shape index (κ3) is 3.25. The largest absolute Gasteiger partial charge is 0.493 e. The summed E-state index contributed by atoms with van der Waals surface area (Å²) in [6.07, 6.45) is 0.960. The molecule has 0 spiro atoms. The molecule has 0 bridgehead atoms. The maximum absolute atomic E-state index is 5.42. The molecule has 3 aromatic rings. The van der Waals surface area contributed by atoms with Gasteiger partial charge in [0.1, 0.15) is 0 Å². The lowest BCUT2D eigenvalue weighted by Gasteiger charge is -2.28. The second-order valence-electron chi connectivity index (χ2n) is 5.96. The lowest BCUT2D eigenvalue weighted by atomic mass is 9.99. The van der Waals surface area contributed by atoms with Crippen LogP contribution in [0.15, 0.2) is 33.5 Å². The minimum atomic E-state index is 0.644. The summed E-state index contributed by atoms with van der Waals surface area (Å²) in [6.45, 7) is 2.41. The van der Waals surface area contributed by atoms with Crippen molar-refractivity contribution in [2.24, 2.45) is 0 Å². The molecule has 1 aromatic carbocycles. The zero-order valence-corrected chi connectivity index (χ0v) is 15.0. The lowest BCUT2D eigenvalue weighted by molar-refractivity contribution is 0.210. The maximum atomic E-state index is 5.42. The fourth-order valence-electron chi connectivity index (χ4n) is 3.10. The minimum absolute atomic E-state index is 0.644. The van der Waals surface area contributed by atoms with Crippen LogP contribution in [0, 0.1) is 0 Å². The van der Waals surface area contributed by atoms with Gasteiger partial charge >= 0.3 is 0 Å². The molecular weight excluding hydrogens is 338 g/mol. The molecule has 6 nitrogen and oxygen atoms in total. The highest BCUT2D eigenvalue weighted by Crippen LogP contribution is 2.33. The number of aromatic nitrogens is 2. The predicted octanol–water partition coefficient (Wildman–Crippen LogP) is 3.37. The number of rotatable bonds is 5. The molecule has 0 saturated carbocycles. The van der Waals surface area contributed by atoms with Crippen LogP contribution in [0.1, 0.15) is 17.0 Å². The average Bonchev–Trinajstić information content (AvgIpc) is 3.32. The summed E-state index contributed by atoms with van der Waals surface area (Å²) in [4.78, 5) is 6.81. The first-order valence-corrected chi connectivity index (χ1v) is 9.02. The Balaban J connectivity index is 1.49. The normalized spacial score (nSPS) is 14.3. The number of nitrogens with zero attached hydrogens (tertiary/aromatic N) is 3. The Kier molecular flexibility index (Phi) is 4.42. The van der Waals surface area contributed by atoms with Gasteiger partial charge in [-0.05, 0) is 41.1 Å². The number of ether oxygens (including phenoxy) is 2. The van der Waals surface area contributed by atoms with Crippen molar-refractivity contribution >= 4 is 11.3 Å². The molecule has 1 aliphatic rings. The average molecular weight is 357 g/mol. The highest BCUT2D eigenvalue weighted by Gasteiger charge is 2.21. The van der Waals surface area contributed by atoms with E-state index in [4.69, 9.17) is 14.0 Å². The van der Waals surface area contributed by atoms with Gasteiger partial charge in [0.25, 0.3) is 0 Å². The zero-order valence-electron chi connectivity index (χ0n) is 14.2. The third-order valence-corrected chi connectivity index (χ3v) is 5.09. The molecule has 25 heavy (non-hydrogen) atoms. The van der Waals surface area contributed by atoms with Gasteiger partial charge in [0, 0.05) is 24.0 Å². The van der Waals surface area contributed by atoms with Crippen LogP contribution in [0.3, 0.4) is 0 Å². The van der Waals surface area contributed by atoms with Crippen LogP contribution in [-0.4, -0.2) is 35.8 Å². The molecule has 0 radical (unpaired) electrons. The second kappa shape index (κ2) is 6.85. The molecule has 0 unspecified atom stereocenters. The summed E-state index contributed by atoms with van der Waals surface area (Å²) in [6, 6.07) is 6.13. The summed E-state index contributed by atoms with van der Waals surface area (Å²) in [7, 11) is 3.33. The molecule has 7 heteroatoms. The summed E-state index contributed by atoms with van der Waals surface area (Å²) in [5.74, 6) is 2.85. The lowest BCUT2D eigenvalue weighted by Crippen LogP contribution is -2.30. The monoisotopic (exact) mass is 357 g/mol. The van der Waals surface area contributed by atoms with Crippen LogP contribution in [0.5, 0.6) is 11.5 Å². The summed E-state index contributed by atoms with van der Waals surface area (Å²) in [5.41, 5.74) is 3.56. The van der Waals surface area contributed by atoms with Crippen LogP contribution in [0.25, 0.3) is 11.4 Å². The number of methoxy groups -OCH3 is 2. The van der Waals surface area contributed by atoms with E-state index in [2.05, 4.69) is 27.2 Å². The summed E-state index contributed by atoms with van der Waals surface area (Å²) in [5, 5.41) is 8.10. The van der Waals surface area contributed by atoms with E-state index in [9.17, 15) is 0 Å². The van der Waals surface area contributed by atoms with E-state index in [1.165, 1.54) is 11.1 Å². The third-order valence-electron chi connectivity index (χ3n) is 4.40. The molecular formula is C18H19N3O3S. The number of fused-ring (bicyclic) bond motifs is 1. The van der Waals surface area contributed by atoms with Gasteiger partial charge < -0.3 is 14.0 Å². The minimum Gasteiger partial charge on any atom is -0.493 e. The number of hydrogen-bond acceptors (Lipinski definition) is 7. The van der Waals surface area contributed by atoms with Gasteiger partial charge in [0.05, 0.1) is 20.8 Å². The van der Waals surface area contributed by atoms with Gasteiger partial charge in [0.15, 0.2) is 11.5 Å². The van der Waals surface area contributed by atoms with Crippen molar-refractivity contribution in [2.75, 3.05) is 20.8 Å². The second-order valence-corrected chi connectivity index (χ2v) is 6.74. The first-order valence-electron chi connectivity index (χ1n) is 8.08. The molecule has 130 valence electrons. The Morgan fingerprint density at radius 2 is 2.00 bits per heavy atom. The van der Waals surface area contributed by atoms with Crippen LogP contribution in [0.4, 0.5) is 0 Å². The van der Waals surface area contributed by atoms with Gasteiger partial charge in [-0.3, -0.25) is 4.90 Å². The first-order chi connectivity index (χ1) is 12.3. The van der Waals surface area contributed by atoms with Gasteiger partial charge in [-0.25, -0.2) is 0 Å². The van der Waals surface area contributed by atoms with E-state index in [0.29, 0.717) is 18.3 Å². The van der Waals surface area contributed by atoms with Crippen LogP contribution in [0.2, 0.25) is 0 Å². The van der Waals surface area contributed by atoms with Gasteiger partial charge in [0.2, 0.25) is 11.7 Å². The number of thiophene rings is 1. The van der Waals surface area contributed by atoms with Crippen molar-refractivity contribution in [3.05, 3.63) is 46.0 Å².